The highest BCUT2D eigenvalue weighted by molar-refractivity contribution is 6.37. The maximum atomic E-state index is 9.49. The molecule has 0 spiro atoms. The van der Waals surface area contributed by atoms with Gasteiger partial charge in [-0.2, -0.15) is 0 Å². The fraction of sp³-hybridized carbons (Fsp3) is 0.538. The van der Waals surface area contributed by atoms with Crippen LogP contribution < -0.4 is 0 Å². The first-order valence-corrected chi connectivity index (χ1v) is 6.71. The van der Waals surface area contributed by atoms with E-state index in [1.54, 1.807) is 12.1 Å². The smallest absolute Gasteiger partial charge is 0.152 e. The van der Waals surface area contributed by atoms with Crippen molar-refractivity contribution < 1.29 is 5.11 Å². The van der Waals surface area contributed by atoms with Gasteiger partial charge < -0.3 is 5.11 Å². The minimum atomic E-state index is -0.0238. The molecule has 1 saturated heterocycles. The maximum Gasteiger partial charge on any atom is 0.152 e. The number of rotatable bonds is 2. The summed E-state index contributed by atoms with van der Waals surface area (Å²) in [6, 6.07) is 3.58. The van der Waals surface area contributed by atoms with Gasteiger partial charge >= 0.3 is 0 Å². The van der Waals surface area contributed by atoms with E-state index < -0.39 is 0 Å². The van der Waals surface area contributed by atoms with Gasteiger partial charge in [0.1, 0.15) is 0 Å². The number of halogens is 3. The number of phenols is 1. The summed E-state index contributed by atoms with van der Waals surface area (Å²) in [5.41, 5.74) is 1.06. The topological polar surface area (TPSA) is 23.5 Å². The van der Waals surface area contributed by atoms with Crippen LogP contribution in [-0.2, 0) is 6.54 Å². The summed E-state index contributed by atoms with van der Waals surface area (Å²) in [4.78, 5) is 2.40. The third kappa shape index (κ3) is 3.92. The molecule has 0 amide bonds. The molecule has 1 aromatic carbocycles. The summed E-state index contributed by atoms with van der Waals surface area (Å²) in [5.74, 6) is 0.808. The molecule has 1 fully saturated rings. The maximum absolute atomic E-state index is 9.49. The largest absolute Gasteiger partial charge is 0.505 e. The Morgan fingerprint density at radius 3 is 2.22 bits per heavy atom. The summed E-state index contributed by atoms with van der Waals surface area (Å²) in [5, 5.41) is 10.2. The molecule has 0 radical (unpaired) electrons. The number of hydrogen-bond donors (Lipinski definition) is 1. The van der Waals surface area contributed by atoms with Gasteiger partial charge in [-0.15, -0.1) is 12.4 Å². The van der Waals surface area contributed by atoms with Gasteiger partial charge in [-0.1, -0.05) is 30.1 Å². The van der Waals surface area contributed by atoms with E-state index in [0.717, 1.165) is 31.1 Å². The molecule has 2 nitrogen and oxygen atoms in total. The van der Waals surface area contributed by atoms with Gasteiger partial charge in [0.25, 0.3) is 0 Å². The minimum Gasteiger partial charge on any atom is -0.505 e. The first-order chi connectivity index (χ1) is 8.06. The zero-order valence-electron chi connectivity index (χ0n) is 10.3. The number of likely N-dealkylation sites (tertiary alicyclic amines) is 1. The van der Waals surface area contributed by atoms with Crippen LogP contribution in [0.25, 0.3) is 0 Å². The Bertz CT molecular complexity index is 380. The highest BCUT2D eigenvalue weighted by Gasteiger charge is 2.16. The predicted octanol–water partition coefficient (Wildman–Crippen LogP) is 4.35. The molecule has 1 N–H and O–H groups in total. The van der Waals surface area contributed by atoms with Gasteiger partial charge in [-0.25, -0.2) is 0 Å². The second-order valence-corrected chi connectivity index (χ2v) is 5.68. The van der Waals surface area contributed by atoms with E-state index in [4.69, 9.17) is 23.2 Å². The van der Waals surface area contributed by atoms with Crippen molar-refractivity contribution in [2.24, 2.45) is 5.92 Å². The van der Waals surface area contributed by atoms with Crippen LogP contribution in [-0.4, -0.2) is 23.1 Å². The van der Waals surface area contributed by atoms with Crippen LogP contribution in [0.3, 0.4) is 0 Å². The van der Waals surface area contributed by atoms with Crippen molar-refractivity contribution in [3.05, 3.63) is 27.7 Å². The highest BCUT2D eigenvalue weighted by atomic mass is 35.5. The molecule has 0 unspecified atom stereocenters. The zero-order chi connectivity index (χ0) is 12.4. The van der Waals surface area contributed by atoms with Crippen LogP contribution >= 0.6 is 35.6 Å². The van der Waals surface area contributed by atoms with E-state index >= 15 is 0 Å². The number of benzene rings is 1. The summed E-state index contributed by atoms with van der Waals surface area (Å²) < 4.78 is 0. The molecule has 0 saturated carbocycles. The van der Waals surface area contributed by atoms with Gasteiger partial charge in [-0.3, -0.25) is 4.90 Å². The first kappa shape index (κ1) is 15.9. The van der Waals surface area contributed by atoms with E-state index in [1.165, 1.54) is 12.8 Å². The summed E-state index contributed by atoms with van der Waals surface area (Å²) in [6.45, 7) is 5.40. The van der Waals surface area contributed by atoms with E-state index in [2.05, 4.69) is 11.8 Å². The van der Waals surface area contributed by atoms with Crippen molar-refractivity contribution in [1.82, 2.24) is 4.90 Å². The van der Waals surface area contributed by atoms with Crippen molar-refractivity contribution in [2.45, 2.75) is 26.3 Å². The molecule has 1 heterocycles. The van der Waals surface area contributed by atoms with E-state index in [0.29, 0.717) is 10.0 Å². The Hall–Kier alpha value is -0.150. The van der Waals surface area contributed by atoms with Crippen LogP contribution in [0.1, 0.15) is 25.3 Å². The van der Waals surface area contributed by atoms with Gasteiger partial charge in [0.2, 0.25) is 0 Å². The van der Waals surface area contributed by atoms with Crippen LogP contribution in [0.2, 0.25) is 10.0 Å². The molecule has 18 heavy (non-hydrogen) atoms. The molecular formula is C13H18Cl3NO. The fourth-order valence-corrected chi connectivity index (χ4v) is 2.72. The third-order valence-corrected chi connectivity index (χ3v) is 3.94. The predicted molar refractivity (Wildman–Crippen MR) is 79.0 cm³/mol. The Morgan fingerprint density at radius 1 is 1.22 bits per heavy atom. The first-order valence-electron chi connectivity index (χ1n) is 5.95. The lowest BCUT2D eigenvalue weighted by Gasteiger charge is -2.30. The molecule has 102 valence electrons. The van der Waals surface area contributed by atoms with Crippen LogP contribution in [0, 0.1) is 5.92 Å². The second kappa shape index (κ2) is 6.85. The molecule has 1 aliphatic heterocycles. The van der Waals surface area contributed by atoms with Crippen molar-refractivity contribution in [3.63, 3.8) is 0 Å². The van der Waals surface area contributed by atoms with Crippen LogP contribution in [0.4, 0.5) is 0 Å². The Labute approximate surface area is 124 Å². The molecular weight excluding hydrogens is 293 g/mol. The molecule has 1 aromatic rings. The molecule has 0 bridgehead atoms. The summed E-state index contributed by atoms with van der Waals surface area (Å²) in [6.07, 6.45) is 2.50. The van der Waals surface area contributed by atoms with Gasteiger partial charge in [-0.05, 0) is 49.5 Å². The number of nitrogens with zero attached hydrogens (tertiary/aromatic N) is 1. The van der Waals surface area contributed by atoms with E-state index in [9.17, 15) is 5.11 Å². The lowest BCUT2D eigenvalue weighted by atomic mass is 9.99. The molecule has 5 heteroatoms. The molecule has 1 aliphatic rings. The van der Waals surface area contributed by atoms with E-state index in [-0.39, 0.29) is 18.2 Å². The van der Waals surface area contributed by atoms with Gasteiger partial charge in [0.05, 0.1) is 10.0 Å². The quantitative estimate of drug-likeness (QED) is 0.877. The number of aromatic hydroxyl groups is 1. The lowest BCUT2D eigenvalue weighted by Crippen LogP contribution is -2.32. The molecule has 0 atom stereocenters. The van der Waals surface area contributed by atoms with Crippen molar-refractivity contribution in [3.8, 4) is 5.75 Å². The van der Waals surface area contributed by atoms with E-state index in [1.807, 2.05) is 0 Å². The summed E-state index contributed by atoms with van der Waals surface area (Å²) in [7, 11) is 0. The number of phenolic OH excluding ortho intramolecular Hbond substituents is 1. The number of piperidine rings is 1. The normalized spacial score (nSPS) is 17.5. The Balaban J connectivity index is 0.00000162. The van der Waals surface area contributed by atoms with Gasteiger partial charge in [0, 0.05) is 6.54 Å². The van der Waals surface area contributed by atoms with Crippen molar-refractivity contribution >= 4 is 35.6 Å². The molecule has 2 rings (SSSR count). The Morgan fingerprint density at radius 2 is 1.72 bits per heavy atom. The minimum absolute atomic E-state index is 0. The van der Waals surface area contributed by atoms with Gasteiger partial charge in [0.15, 0.2) is 5.75 Å². The SMILES string of the molecule is CC1CCN(Cc2cc(Cl)c(O)c(Cl)c2)CC1.Cl. The molecule has 0 aromatic heterocycles. The van der Waals surface area contributed by atoms with Crippen molar-refractivity contribution in [2.75, 3.05) is 13.1 Å². The lowest BCUT2D eigenvalue weighted by molar-refractivity contribution is 0.185. The standard InChI is InChI=1S/C13H17Cl2NO.ClH/c1-9-2-4-16(5-3-9)8-10-6-11(14)13(17)12(15)7-10;/h6-7,9,17H,2-5,8H2,1H3;1H. The molecule has 0 aliphatic carbocycles. The fourth-order valence-electron chi connectivity index (χ4n) is 2.19. The second-order valence-electron chi connectivity index (χ2n) is 4.87. The van der Waals surface area contributed by atoms with Crippen molar-refractivity contribution in [1.29, 1.82) is 0 Å². The van der Waals surface area contributed by atoms with Crippen LogP contribution in [0.15, 0.2) is 12.1 Å². The average Bonchev–Trinajstić information content (AvgIpc) is 2.29. The average molecular weight is 311 g/mol. The zero-order valence-corrected chi connectivity index (χ0v) is 12.7. The Kier molecular flexibility index (Phi) is 6.06. The highest BCUT2D eigenvalue weighted by Crippen LogP contribution is 2.33. The summed E-state index contributed by atoms with van der Waals surface area (Å²) >= 11 is 11.8. The van der Waals surface area contributed by atoms with Crippen LogP contribution in [0.5, 0.6) is 5.75 Å². The third-order valence-electron chi connectivity index (χ3n) is 3.36. The number of hydrogen-bond acceptors (Lipinski definition) is 2. The monoisotopic (exact) mass is 309 g/mol.